The van der Waals surface area contributed by atoms with Gasteiger partial charge in [0.15, 0.2) is 0 Å². The topological polar surface area (TPSA) is 106 Å². The lowest BCUT2D eigenvalue weighted by atomic mass is 9.67. The molecule has 3 aromatic carbocycles. The van der Waals surface area contributed by atoms with Crippen LogP contribution in [0.25, 0.3) is 0 Å². The molecule has 5 aliphatic heterocycles. The monoisotopic (exact) mass is 717 g/mol. The van der Waals surface area contributed by atoms with Gasteiger partial charge in [0.05, 0.1) is 12.2 Å². The van der Waals surface area contributed by atoms with Gasteiger partial charge in [-0.05, 0) is 103 Å². The average molecular weight is 718 g/mol. The first-order valence-corrected chi connectivity index (χ1v) is 19.9. The maximum atomic E-state index is 13.1. The van der Waals surface area contributed by atoms with Crippen LogP contribution >= 0.6 is 0 Å². The first-order chi connectivity index (χ1) is 25.8. The van der Waals surface area contributed by atoms with Gasteiger partial charge in [0.2, 0.25) is 11.8 Å². The van der Waals surface area contributed by atoms with E-state index in [1.165, 1.54) is 48.9 Å². The van der Waals surface area contributed by atoms with Gasteiger partial charge in [-0.2, -0.15) is 0 Å². The highest BCUT2D eigenvalue weighted by atomic mass is 16.5. The van der Waals surface area contributed by atoms with Crippen molar-refractivity contribution in [1.82, 2.24) is 15.1 Å². The minimum atomic E-state index is -0.584. The minimum Gasteiger partial charge on any atom is -0.508 e. The summed E-state index contributed by atoms with van der Waals surface area (Å²) in [4.78, 5) is 46.4. The Morgan fingerprint density at radius 1 is 0.774 bits per heavy atom. The lowest BCUT2D eigenvalue weighted by Gasteiger charge is -2.47. The van der Waals surface area contributed by atoms with Crippen molar-refractivity contribution >= 4 is 29.1 Å². The molecule has 9 rings (SSSR count). The molecule has 0 radical (unpaired) electrons. The van der Waals surface area contributed by atoms with E-state index < -0.39 is 6.04 Å². The number of carbonyl (C=O) groups is 3. The summed E-state index contributed by atoms with van der Waals surface area (Å²) < 4.78 is 6.69. The summed E-state index contributed by atoms with van der Waals surface area (Å²) in [6, 6.07) is 20.7. The molecule has 2 atom stereocenters. The van der Waals surface area contributed by atoms with Crippen molar-refractivity contribution in [2.75, 3.05) is 55.6 Å². The first kappa shape index (κ1) is 34.4. The summed E-state index contributed by atoms with van der Waals surface area (Å²) in [5.74, 6) is 0.437. The van der Waals surface area contributed by atoms with Crippen LogP contribution in [-0.2, 0) is 27.5 Å². The Hall–Kier alpha value is -4.41. The molecule has 278 valence electrons. The second kappa shape index (κ2) is 14.1. The van der Waals surface area contributed by atoms with Gasteiger partial charge in [-0.1, -0.05) is 37.5 Å². The molecule has 1 spiro atoms. The predicted molar refractivity (Wildman–Crippen MR) is 203 cm³/mol. The second-order valence-corrected chi connectivity index (χ2v) is 16.3. The summed E-state index contributed by atoms with van der Waals surface area (Å²) in [7, 11) is 0. The van der Waals surface area contributed by atoms with Crippen LogP contribution < -0.4 is 15.1 Å². The number of nitrogens with zero attached hydrogens (tertiary/aromatic N) is 4. The van der Waals surface area contributed by atoms with E-state index in [0.29, 0.717) is 36.8 Å². The number of benzene rings is 3. The molecule has 0 bridgehead atoms. The normalized spacial score (nSPS) is 25.1. The molecule has 1 aliphatic carbocycles. The largest absolute Gasteiger partial charge is 0.508 e. The molecule has 53 heavy (non-hydrogen) atoms. The Balaban J connectivity index is 0.776. The van der Waals surface area contributed by atoms with Gasteiger partial charge in [-0.3, -0.25) is 24.6 Å². The molecule has 0 aromatic heterocycles. The molecule has 2 N–H and O–H groups in total. The third-order valence-electron chi connectivity index (χ3n) is 13.1. The number of anilines is 2. The van der Waals surface area contributed by atoms with Crippen LogP contribution in [0.1, 0.15) is 96.3 Å². The Morgan fingerprint density at radius 3 is 2.26 bits per heavy atom. The van der Waals surface area contributed by atoms with E-state index in [2.05, 4.69) is 56.4 Å². The van der Waals surface area contributed by atoms with Crippen molar-refractivity contribution < 1.29 is 24.2 Å². The Morgan fingerprint density at radius 2 is 1.51 bits per heavy atom. The molecule has 10 heteroatoms. The highest BCUT2D eigenvalue weighted by Gasteiger charge is 2.46. The first-order valence-electron chi connectivity index (χ1n) is 19.9. The van der Waals surface area contributed by atoms with Gasteiger partial charge in [0, 0.05) is 81.6 Å². The standard InChI is InChI=1S/C43H51N5O5/c49-35-9-11-36-32(25-35)28-53-43(16-2-1-3-17-43)40(36)30-4-6-33(7-5-30)46-18-14-29(15-19-46)26-45-20-22-47(23-21-45)34-8-10-37-31(24-34)27-48(42(37)52)38-12-13-39(50)44-41(38)51/h4-11,24-25,29,38,40,49H,1-3,12-23,26-28H2,(H,44,50,51)/t38-,40+/m0/s1. The average Bonchev–Trinajstić information content (AvgIpc) is 3.51. The zero-order valence-electron chi connectivity index (χ0n) is 30.6. The van der Waals surface area contributed by atoms with E-state index in [-0.39, 0.29) is 35.7 Å². The van der Waals surface area contributed by atoms with Gasteiger partial charge >= 0.3 is 0 Å². The fourth-order valence-corrected chi connectivity index (χ4v) is 10.2. The number of aromatic hydroxyl groups is 1. The van der Waals surface area contributed by atoms with Gasteiger partial charge in [-0.25, -0.2) is 0 Å². The zero-order valence-corrected chi connectivity index (χ0v) is 30.6. The number of nitrogens with one attached hydrogen (secondary N) is 1. The number of hydrogen-bond acceptors (Lipinski definition) is 8. The molecule has 3 amide bonds. The van der Waals surface area contributed by atoms with Crippen LogP contribution in [0.2, 0.25) is 0 Å². The lowest BCUT2D eigenvalue weighted by Crippen LogP contribution is -2.52. The number of imide groups is 1. The van der Waals surface area contributed by atoms with Crippen molar-refractivity contribution in [3.05, 3.63) is 88.5 Å². The molecule has 6 aliphatic rings. The summed E-state index contributed by atoms with van der Waals surface area (Å²) >= 11 is 0. The number of hydrogen-bond donors (Lipinski definition) is 2. The third kappa shape index (κ3) is 6.58. The summed E-state index contributed by atoms with van der Waals surface area (Å²) in [6.07, 6.45) is 8.91. The van der Waals surface area contributed by atoms with Crippen molar-refractivity contribution in [3.8, 4) is 5.75 Å². The molecule has 3 saturated heterocycles. The third-order valence-corrected chi connectivity index (χ3v) is 13.1. The van der Waals surface area contributed by atoms with Gasteiger partial charge in [0.1, 0.15) is 11.8 Å². The number of fused-ring (bicyclic) bond motifs is 2. The van der Waals surface area contributed by atoms with Crippen molar-refractivity contribution in [3.63, 3.8) is 0 Å². The molecule has 4 fully saturated rings. The summed E-state index contributed by atoms with van der Waals surface area (Å²) in [5.41, 5.74) is 7.65. The molecule has 5 heterocycles. The van der Waals surface area contributed by atoms with Gasteiger partial charge in [-0.15, -0.1) is 0 Å². The lowest BCUT2D eigenvalue weighted by molar-refractivity contribution is -0.136. The molecule has 10 nitrogen and oxygen atoms in total. The highest BCUT2D eigenvalue weighted by molar-refractivity contribution is 6.05. The Bertz CT molecular complexity index is 1870. The summed E-state index contributed by atoms with van der Waals surface area (Å²) in [5, 5.41) is 12.6. The SMILES string of the molecule is O=C1CC[C@H](N2Cc3cc(N4CCN(CC5CCN(c6ccc([C@@H]7c8ccc(O)cc8COC78CCCCC8)cc6)CC5)CC4)ccc3C2=O)C(=O)N1. The fraction of sp³-hybridized carbons (Fsp3) is 0.512. The number of piperidine rings is 2. The maximum absolute atomic E-state index is 13.1. The summed E-state index contributed by atoms with van der Waals surface area (Å²) in [6.45, 7) is 8.23. The Kier molecular flexibility index (Phi) is 9.14. The number of piperazine rings is 1. The van der Waals surface area contributed by atoms with E-state index in [4.69, 9.17) is 4.74 Å². The number of ether oxygens (including phenoxy) is 1. The Labute approximate surface area is 312 Å². The number of rotatable bonds is 6. The van der Waals surface area contributed by atoms with E-state index in [1.54, 1.807) is 4.90 Å². The number of amides is 3. The van der Waals surface area contributed by atoms with Crippen molar-refractivity contribution in [2.24, 2.45) is 5.92 Å². The maximum Gasteiger partial charge on any atom is 0.255 e. The molecule has 0 unspecified atom stereocenters. The van der Waals surface area contributed by atoms with E-state index in [1.807, 2.05) is 24.3 Å². The predicted octanol–water partition coefficient (Wildman–Crippen LogP) is 5.56. The second-order valence-electron chi connectivity index (χ2n) is 16.3. The molecule has 1 saturated carbocycles. The zero-order chi connectivity index (χ0) is 36.1. The van der Waals surface area contributed by atoms with E-state index >= 15 is 0 Å². The fourth-order valence-electron chi connectivity index (χ4n) is 10.2. The molecular formula is C43H51N5O5. The number of carbonyl (C=O) groups excluding carboxylic acids is 3. The van der Waals surface area contributed by atoms with Gasteiger partial charge < -0.3 is 24.5 Å². The van der Waals surface area contributed by atoms with Crippen molar-refractivity contribution in [2.45, 2.75) is 88.5 Å². The van der Waals surface area contributed by atoms with Crippen LogP contribution in [0.5, 0.6) is 5.75 Å². The van der Waals surface area contributed by atoms with Crippen LogP contribution in [0.3, 0.4) is 0 Å². The minimum absolute atomic E-state index is 0.121. The number of phenols is 1. The molecular weight excluding hydrogens is 667 g/mol. The van der Waals surface area contributed by atoms with Crippen LogP contribution in [0, 0.1) is 5.92 Å². The van der Waals surface area contributed by atoms with Crippen LogP contribution in [0.15, 0.2) is 60.7 Å². The van der Waals surface area contributed by atoms with Crippen LogP contribution in [0.4, 0.5) is 11.4 Å². The van der Waals surface area contributed by atoms with E-state index in [9.17, 15) is 19.5 Å². The molecule has 3 aromatic rings. The smallest absolute Gasteiger partial charge is 0.255 e. The van der Waals surface area contributed by atoms with Crippen molar-refractivity contribution in [1.29, 1.82) is 0 Å². The quantitative estimate of drug-likeness (QED) is 0.320. The number of phenolic OH excluding ortho intramolecular Hbond substituents is 1. The van der Waals surface area contributed by atoms with Crippen LogP contribution in [-0.4, -0.2) is 90.1 Å². The highest BCUT2D eigenvalue weighted by Crippen LogP contribution is 2.51. The van der Waals surface area contributed by atoms with E-state index in [0.717, 1.165) is 75.5 Å². The van der Waals surface area contributed by atoms with Gasteiger partial charge in [0.25, 0.3) is 5.91 Å².